The topological polar surface area (TPSA) is 46.2 Å². The van der Waals surface area contributed by atoms with Crippen LogP contribution >= 0.6 is 15.9 Å². The van der Waals surface area contributed by atoms with Crippen LogP contribution in [0.25, 0.3) is 0 Å². The Hall–Kier alpha value is -0.650. The van der Waals surface area contributed by atoms with Crippen LogP contribution in [-0.2, 0) is 10.0 Å². The summed E-state index contributed by atoms with van der Waals surface area (Å²) in [5.74, 6) is 0. The summed E-state index contributed by atoms with van der Waals surface area (Å²) in [6, 6.07) is 5.18. The number of aryl methyl sites for hydroxylation is 1. The zero-order chi connectivity index (χ0) is 12.9. The minimum atomic E-state index is -3.42. The summed E-state index contributed by atoms with van der Waals surface area (Å²) < 4.78 is 27.1. The van der Waals surface area contributed by atoms with Gasteiger partial charge >= 0.3 is 0 Å². The second-order valence-corrected chi connectivity index (χ2v) is 6.28. The van der Waals surface area contributed by atoms with E-state index in [0.29, 0.717) is 17.4 Å². The van der Waals surface area contributed by atoms with Gasteiger partial charge in [0.05, 0.1) is 4.90 Å². The van der Waals surface area contributed by atoms with E-state index in [4.69, 9.17) is 0 Å². The molecule has 94 valence electrons. The monoisotopic (exact) mass is 317 g/mol. The van der Waals surface area contributed by atoms with Gasteiger partial charge in [-0.05, 0) is 53.9 Å². The molecule has 0 saturated heterocycles. The number of sulfonamides is 1. The third kappa shape index (κ3) is 4.26. The number of allylic oxidation sites excluding steroid dienone is 1. The standard InChI is InChI=1S/C12H16BrNO2S/c1-3-4-5-8-14-17(15,16)12-7-6-10(2)9-11(12)13/h3-4,6-7,9,14H,5,8H2,1-2H3/b4-3+. The van der Waals surface area contributed by atoms with Gasteiger partial charge in [0.25, 0.3) is 0 Å². The lowest BCUT2D eigenvalue weighted by Crippen LogP contribution is -2.24. The summed E-state index contributed by atoms with van der Waals surface area (Å²) in [7, 11) is -3.42. The van der Waals surface area contributed by atoms with Crippen molar-refractivity contribution < 1.29 is 8.42 Å². The molecule has 0 amide bonds. The van der Waals surface area contributed by atoms with Crippen molar-refractivity contribution in [2.24, 2.45) is 0 Å². The molecule has 0 aliphatic rings. The Morgan fingerprint density at radius 2 is 2.12 bits per heavy atom. The molecule has 0 saturated carbocycles. The zero-order valence-electron chi connectivity index (χ0n) is 9.90. The molecule has 5 heteroatoms. The maximum atomic E-state index is 12.0. The maximum absolute atomic E-state index is 12.0. The molecular formula is C12H16BrNO2S. The van der Waals surface area contributed by atoms with E-state index >= 15 is 0 Å². The number of nitrogens with one attached hydrogen (secondary N) is 1. The van der Waals surface area contributed by atoms with Gasteiger partial charge in [0.15, 0.2) is 0 Å². The Morgan fingerprint density at radius 3 is 2.71 bits per heavy atom. The maximum Gasteiger partial charge on any atom is 0.241 e. The fraction of sp³-hybridized carbons (Fsp3) is 0.333. The SMILES string of the molecule is C/C=C/CCNS(=O)(=O)c1ccc(C)cc1Br. The van der Waals surface area contributed by atoms with E-state index in [1.54, 1.807) is 18.2 Å². The number of rotatable bonds is 5. The summed E-state index contributed by atoms with van der Waals surface area (Å²) in [6.07, 6.45) is 4.52. The van der Waals surface area contributed by atoms with Crippen LogP contribution in [0.3, 0.4) is 0 Å². The van der Waals surface area contributed by atoms with Crippen LogP contribution in [0, 0.1) is 6.92 Å². The van der Waals surface area contributed by atoms with E-state index in [1.807, 2.05) is 26.0 Å². The minimum Gasteiger partial charge on any atom is -0.211 e. The molecule has 0 aliphatic carbocycles. The number of hydrogen-bond donors (Lipinski definition) is 1. The summed E-state index contributed by atoms with van der Waals surface area (Å²) >= 11 is 3.27. The van der Waals surface area contributed by atoms with Crippen molar-refractivity contribution in [3.63, 3.8) is 0 Å². The smallest absolute Gasteiger partial charge is 0.211 e. The van der Waals surface area contributed by atoms with Crippen molar-refractivity contribution >= 4 is 26.0 Å². The van der Waals surface area contributed by atoms with Gasteiger partial charge in [0.1, 0.15) is 0 Å². The Morgan fingerprint density at radius 1 is 1.41 bits per heavy atom. The molecule has 1 rings (SSSR count). The lowest BCUT2D eigenvalue weighted by molar-refractivity contribution is 0.581. The van der Waals surface area contributed by atoms with E-state index in [1.165, 1.54) is 0 Å². The van der Waals surface area contributed by atoms with Crippen molar-refractivity contribution in [1.82, 2.24) is 4.72 Å². The van der Waals surface area contributed by atoms with E-state index in [9.17, 15) is 8.42 Å². The van der Waals surface area contributed by atoms with Crippen LogP contribution in [0.2, 0.25) is 0 Å². The fourth-order valence-electron chi connectivity index (χ4n) is 1.34. The molecule has 0 spiro atoms. The molecule has 0 bridgehead atoms. The zero-order valence-corrected chi connectivity index (χ0v) is 12.3. The third-order valence-electron chi connectivity index (χ3n) is 2.22. The molecule has 1 aromatic carbocycles. The number of benzene rings is 1. The van der Waals surface area contributed by atoms with Crippen LogP contribution in [0.1, 0.15) is 18.9 Å². The highest BCUT2D eigenvalue weighted by molar-refractivity contribution is 9.10. The molecule has 1 aromatic rings. The van der Waals surface area contributed by atoms with Gasteiger partial charge in [-0.25, -0.2) is 13.1 Å². The second kappa shape index (κ2) is 6.33. The first-order valence-corrected chi connectivity index (χ1v) is 7.62. The average Bonchev–Trinajstić information content (AvgIpc) is 2.24. The fourth-order valence-corrected chi connectivity index (χ4v) is 3.58. The molecule has 0 unspecified atom stereocenters. The quantitative estimate of drug-likeness (QED) is 0.670. The molecule has 0 atom stereocenters. The van der Waals surface area contributed by atoms with Crippen molar-refractivity contribution in [3.8, 4) is 0 Å². The molecular weight excluding hydrogens is 302 g/mol. The number of halogens is 1. The van der Waals surface area contributed by atoms with Gasteiger partial charge in [-0.1, -0.05) is 18.2 Å². The predicted octanol–water partition coefficient (Wildman–Crippen LogP) is 3.00. The summed E-state index contributed by atoms with van der Waals surface area (Å²) in [4.78, 5) is 0.281. The van der Waals surface area contributed by atoms with Crippen molar-refractivity contribution in [2.75, 3.05) is 6.54 Å². The van der Waals surface area contributed by atoms with Gasteiger partial charge in [0, 0.05) is 11.0 Å². The Labute approximate surface area is 111 Å². The van der Waals surface area contributed by atoms with Gasteiger partial charge in [-0.15, -0.1) is 0 Å². The molecule has 1 N–H and O–H groups in total. The molecule has 0 heterocycles. The van der Waals surface area contributed by atoms with Crippen LogP contribution < -0.4 is 4.72 Å². The van der Waals surface area contributed by atoms with Gasteiger partial charge in [-0.3, -0.25) is 0 Å². The average molecular weight is 318 g/mol. The lowest BCUT2D eigenvalue weighted by atomic mass is 10.2. The van der Waals surface area contributed by atoms with Crippen LogP contribution in [0.5, 0.6) is 0 Å². The largest absolute Gasteiger partial charge is 0.241 e. The van der Waals surface area contributed by atoms with Crippen LogP contribution in [-0.4, -0.2) is 15.0 Å². The first kappa shape index (κ1) is 14.4. The van der Waals surface area contributed by atoms with E-state index in [0.717, 1.165) is 5.56 Å². The predicted molar refractivity (Wildman–Crippen MR) is 73.5 cm³/mol. The Bertz CT molecular complexity index is 509. The van der Waals surface area contributed by atoms with Gasteiger partial charge < -0.3 is 0 Å². The Kier molecular flexibility index (Phi) is 5.36. The van der Waals surface area contributed by atoms with E-state index in [2.05, 4.69) is 20.7 Å². The van der Waals surface area contributed by atoms with Crippen molar-refractivity contribution in [1.29, 1.82) is 0 Å². The molecule has 0 aromatic heterocycles. The van der Waals surface area contributed by atoms with Crippen LogP contribution in [0.4, 0.5) is 0 Å². The summed E-state index contributed by atoms with van der Waals surface area (Å²) in [5, 5.41) is 0. The molecule has 0 radical (unpaired) electrons. The van der Waals surface area contributed by atoms with Gasteiger partial charge in [0.2, 0.25) is 10.0 Å². The Balaban J connectivity index is 2.82. The molecule has 17 heavy (non-hydrogen) atoms. The summed E-state index contributed by atoms with van der Waals surface area (Å²) in [6.45, 7) is 4.23. The van der Waals surface area contributed by atoms with Gasteiger partial charge in [-0.2, -0.15) is 0 Å². The third-order valence-corrected chi connectivity index (χ3v) is 4.65. The van der Waals surface area contributed by atoms with Crippen molar-refractivity contribution in [3.05, 3.63) is 40.4 Å². The first-order chi connectivity index (χ1) is 7.97. The highest BCUT2D eigenvalue weighted by Crippen LogP contribution is 2.22. The first-order valence-electron chi connectivity index (χ1n) is 5.34. The highest BCUT2D eigenvalue weighted by Gasteiger charge is 2.16. The second-order valence-electron chi connectivity index (χ2n) is 3.69. The molecule has 0 fully saturated rings. The highest BCUT2D eigenvalue weighted by atomic mass is 79.9. The normalized spacial score (nSPS) is 12.2. The van der Waals surface area contributed by atoms with E-state index < -0.39 is 10.0 Å². The summed E-state index contributed by atoms with van der Waals surface area (Å²) in [5.41, 5.74) is 1.02. The minimum absolute atomic E-state index is 0.281. The van der Waals surface area contributed by atoms with Crippen molar-refractivity contribution in [2.45, 2.75) is 25.2 Å². The molecule has 3 nitrogen and oxygen atoms in total. The number of hydrogen-bond acceptors (Lipinski definition) is 2. The van der Waals surface area contributed by atoms with Crippen LogP contribution in [0.15, 0.2) is 39.7 Å². The molecule has 0 aliphatic heterocycles. The lowest BCUT2D eigenvalue weighted by Gasteiger charge is -2.08. The van der Waals surface area contributed by atoms with E-state index in [-0.39, 0.29) is 4.90 Å².